The summed E-state index contributed by atoms with van der Waals surface area (Å²) in [5.41, 5.74) is 0. The van der Waals surface area contributed by atoms with Crippen LogP contribution in [0.25, 0.3) is 0 Å². The molecule has 0 aromatic rings. The lowest BCUT2D eigenvalue weighted by Gasteiger charge is -2.29. The predicted octanol–water partition coefficient (Wildman–Crippen LogP) is 0.234. The standard InChI is InChI=1S/C13H22BN2O4/c17-12(7-9-3-1-2-6-15-9)16-11-5-4-10(20-14-11)8-13(18)19/h9-11,15H,1-8H2,(H,16,17)(H,18,19)/t9-,10+,11+/m1/s1. The highest BCUT2D eigenvalue weighted by Gasteiger charge is 2.26. The van der Waals surface area contributed by atoms with Gasteiger partial charge in [-0.2, -0.15) is 0 Å². The maximum Gasteiger partial charge on any atom is 0.317 e. The Morgan fingerprint density at radius 1 is 1.25 bits per heavy atom. The first kappa shape index (κ1) is 15.3. The molecule has 1 amide bonds. The van der Waals surface area contributed by atoms with Gasteiger partial charge >= 0.3 is 13.5 Å². The second-order valence-electron chi connectivity index (χ2n) is 5.59. The topological polar surface area (TPSA) is 87.7 Å². The van der Waals surface area contributed by atoms with Crippen LogP contribution in [0, 0.1) is 0 Å². The predicted molar refractivity (Wildman–Crippen MR) is 74.3 cm³/mol. The molecule has 2 heterocycles. The molecule has 0 spiro atoms. The van der Waals surface area contributed by atoms with Gasteiger partial charge in [0.25, 0.3) is 0 Å². The fourth-order valence-corrected chi connectivity index (χ4v) is 2.75. The van der Waals surface area contributed by atoms with Crippen LogP contribution < -0.4 is 10.6 Å². The van der Waals surface area contributed by atoms with E-state index >= 15 is 0 Å². The van der Waals surface area contributed by atoms with Gasteiger partial charge in [-0.15, -0.1) is 0 Å². The van der Waals surface area contributed by atoms with E-state index in [9.17, 15) is 9.59 Å². The highest BCUT2D eigenvalue weighted by molar-refractivity contribution is 6.30. The zero-order valence-electron chi connectivity index (χ0n) is 11.6. The number of carbonyl (C=O) groups excluding carboxylic acids is 1. The van der Waals surface area contributed by atoms with E-state index in [-0.39, 0.29) is 30.4 Å². The number of hydrogen-bond donors (Lipinski definition) is 3. The number of hydrogen-bond acceptors (Lipinski definition) is 4. The minimum absolute atomic E-state index is 0.0170. The lowest BCUT2D eigenvalue weighted by atomic mass is 9.79. The highest BCUT2D eigenvalue weighted by atomic mass is 16.4. The summed E-state index contributed by atoms with van der Waals surface area (Å²) in [7, 11) is 1.57. The Morgan fingerprint density at radius 3 is 2.70 bits per heavy atom. The number of carbonyl (C=O) groups is 2. The molecule has 2 aliphatic heterocycles. The van der Waals surface area contributed by atoms with Crippen LogP contribution in [0.15, 0.2) is 0 Å². The number of amides is 1. The minimum atomic E-state index is -0.853. The summed E-state index contributed by atoms with van der Waals surface area (Å²) in [6.07, 6.45) is 5.08. The van der Waals surface area contributed by atoms with E-state index in [2.05, 4.69) is 10.6 Å². The van der Waals surface area contributed by atoms with Crippen molar-refractivity contribution < 1.29 is 19.3 Å². The number of carboxylic acid groups (broad SMARTS) is 1. The first-order valence-electron chi connectivity index (χ1n) is 7.37. The number of carboxylic acids is 1. The minimum Gasteiger partial charge on any atom is -0.481 e. The molecule has 0 aromatic heterocycles. The van der Waals surface area contributed by atoms with Gasteiger partial charge in [0.05, 0.1) is 12.5 Å². The number of piperidine rings is 1. The van der Waals surface area contributed by atoms with Gasteiger partial charge in [-0.3, -0.25) is 9.59 Å². The first-order valence-corrected chi connectivity index (χ1v) is 7.37. The molecule has 0 saturated carbocycles. The van der Waals surface area contributed by atoms with Crippen molar-refractivity contribution in [2.75, 3.05) is 6.54 Å². The van der Waals surface area contributed by atoms with Crippen LogP contribution >= 0.6 is 0 Å². The summed E-state index contributed by atoms with van der Waals surface area (Å²) in [5, 5.41) is 15.0. The van der Waals surface area contributed by atoms with Crippen molar-refractivity contribution >= 4 is 19.4 Å². The molecule has 3 atom stereocenters. The lowest BCUT2D eigenvalue weighted by molar-refractivity contribution is -0.139. The Morgan fingerprint density at radius 2 is 2.10 bits per heavy atom. The van der Waals surface area contributed by atoms with E-state index in [4.69, 9.17) is 9.76 Å². The molecule has 2 fully saturated rings. The van der Waals surface area contributed by atoms with Crippen molar-refractivity contribution in [1.82, 2.24) is 10.6 Å². The number of nitrogens with one attached hydrogen (secondary N) is 2. The molecule has 111 valence electrons. The Balaban J connectivity index is 1.64. The molecule has 0 aliphatic carbocycles. The third-order valence-corrected chi connectivity index (χ3v) is 3.83. The summed E-state index contributed by atoms with van der Waals surface area (Å²) in [6, 6.07) is 0.285. The molecule has 20 heavy (non-hydrogen) atoms. The summed E-state index contributed by atoms with van der Waals surface area (Å²) in [6.45, 7) is 0.994. The smallest absolute Gasteiger partial charge is 0.317 e. The van der Waals surface area contributed by atoms with E-state index in [1.807, 2.05) is 0 Å². The third-order valence-electron chi connectivity index (χ3n) is 3.83. The summed E-state index contributed by atoms with van der Waals surface area (Å²) >= 11 is 0. The molecule has 2 aliphatic rings. The van der Waals surface area contributed by atoms with Gasteiger partial charge < -0.3 is 20.4 Å². The van der Waals surface area contributed by atoms with Gasteiger partial charge in [0.15, 0.2) is 0 Å². The molecule has 1 radical (unpaired) electrons. The van der Waals surface area contributed by atoms with Gasteiger partial charge in [-0.1, -0.05) is 6.42 Å². The van der Waals surface area contributed by atoms with Gasteiger partial charge in [0.2, 0.25) is 5.91 Å². The quantitative estimate of drug-likeness (QED) is 0.628. The van der Waals surface area contributed by atoms with Crippen molar-refractivity contribution in [3.63, 3.8) is 0 Å². The molecule has 2 saturated heterocycles. The second-order valence-corrected chi connectivity index (χ2v) is 5.59. The monoisotopic (exact) mass is 281 g/mol. The molecule has 2 rings (SSSR count). The summed E-state index contributed by atoms with van der Waals surface area (Å²) in [4.78, 5) is 22.5. The maximum absolute atomic E-state index is 11.9. The Hall–Kier alpha value is -1.08. The lowest BCUT2D eigenvalue weighted by Crippen LogP contribution is -2.47. The molecular formula is C13H22BN2O4. The molecular weight excluding hydrogens is 259 g/mol. The van der Waals surface area contributed by atoms with Crippen LogP contribution in [0.5, 0.6) is 0 Å². The first-order chi connectivity index (χ1) is 9.63. The third kappa shape index (κ3) is 5.13. The van der Waals surface area contributed by atoms with Crippen molar-refractivity contribution in [1.29, 1.82) is 0 Å². The Bertz CT molecular complexity index is 339. The number of aliphatic carboxylic acids is 1. The molecule has 0 bridgehead atoms. The molecule has 7 heteroatoms. The van der Waals surface area contributed by atoms with Crippen molar-refractivity contribution in [3.05, 3.63) is 0 Å². The van der Waals surface area contributed by atoms with Crippen molar-refractivity contribution in [3.8, 4) is 0 Å². The van der Waals surface area contributed by atoms with Crippen LogP contribution in [0.2, 0.25) is 0 Å². The fraction of sp³-hybridized carbons (Fsp3) is 0.846. The van der Waals surface area contributed by atoms with Crippen LogP contribution in [0.4, 0.5) is 0 Å². The van der Waals surface area contributed by atoms with E-state index in [1.54, 1.807) is 7.48 Å². The van der Waals surface area contributed by atoms with Crippen LogP contribution in [-0.2, 0) is 14.2 Å². The molecule has 3 N–H and O–H groups in total. The van der Waals surface area contributed by atoms with E-state index < -0.39 is 5.97 Å². The van der Waals surface area contributed by atoms with E-state index in [0.717, 1.165) is 19.4 Å². The van der Waals surface area contributed by atoms with E-state index in [0.29, 0.717) is 12.8 Å². The molecule has 6 nitrogen and oxygen atoms in total. The van der Waals surface area contributed by atoms with E-state index in [1.165, 1.54) is 12.8 Å². The van der Waals surface area contributed by atoms with Crippen molar-refractivity contribution in [2.24, 2.45) is 0 Å². The normalized spacial score (nSPS) is 30.3. The Labute approximate surface area is 119 Å². The SMILES string of the molecule is O=C(O)C[C@@H]1CC[C@H](NC(=O)C[C@H]2CCCCN2)[B]O1. The summed E-state index contributed by atoms with van der Waals surface area (Å²) < 4.78 is 5.36. The number of rotatable bonds is 5. The summed E-state index contributed by atoms with van der Waals surface area (Å²) in [5.74, 6) is -0.920. The molecule has 0 unspecified atom stereocenters. The van der Waals surface area contributed by atoms with Gasteiger partial charge in [0.1, 0.15) is 0 Å². The van der Waals surface area contributed by atoms with Crippen molar-refractivity contribution in [2.45, 2.75) is 63.0 Å². The second kappa shape index (κ2) is 7.64. The maximum atomic E-state index is 11.9. The van der Waals surface area contributed by atoms with Gasteiger partial charge in [-0.05, 0) is 32.2 Å². The van der Waals surface area contributed by atoms with Crippen LogP contribution in [0.3, 0.4) is 0 Å². The largest absolute Gasteiger partial charge is 0.481 e. The van der Waals surface area contributed by atoms with Gasteiger partial charge in [-0.25, -0.2) is 0 Å². The average Bonchev–Trinajstić information content (AvgIpc) is 2.41. The highest BCUT2D eigenvalue weighted by Crippen LogP contribution is 2.16. The average molecular weight is 281 g/mol. The van der Waals surface area contributed by atoms with Crippen LogP contribution in [-0.4, -0.2) is 49.1 Å². The molecule has 0 aromatic carbocycles. The zero-order chi connectivity index (χ0) is 14.4. The zero-order valence-corrected chi connectivity index (χ0v) is 11.6. The van der Waals surface area contributed by atoms with Crippen LogP contribution in [0.1, 0.15) is 44.9 Å². The van der Waals surface area contributed by atoms with Gasteiger partial charge in [0, 0.05) is 18.4 Å². The Kier molecular flexibility index (Phi) is 5.85. The fourth-order valence-electron chi connectivity index (χ4n) is 2.75.